The number of nitrogens with zero attached hydrogens (tertiary/aromatic N) is 4. The van der Waals surface area contributed by atoms with Gasteiger partial charge in [-0.25, -0.2) is 4.39 Å². The average molecular weight is 509 g/mol. The van der Waals surface area contributed by atoms with Crippen LogP contribution in [0.25, 0.3) is 0 Å². The zero-order valence-electron chi connectivity index (χ0n) is 18.4. The number of rotatable bonds is 5. The molecule has 176 valence electrons. The van der Waals surface area contributed by atoms with E-state index in [0.29, 0.717) is 40.3 Å². The van der Waals surface area contributed by atoms with Gasteiger partial charge in [0.15, 0.2) is 5.11 Å². The van der Waals surface area contributed by atoms with Crippen LogP contribution in [0.4, 0.5) is 21.5 Å². The van der Waals surface area contributed by atoms with Gasteiger partial charge in [-0.3, -0.25) is 5.43 Å². The Morgan fingerprint density at radius 1 is 1.03 bits per heavy atom. The normalized spacial score (nSPS) is 18.9. The van der Waals surface area contributed by atoms with Gasteiger partial charge >= 0.3 is 0 Å². The minimum atomic E-state index is -0.276. The Bertz CT molecular complexity index is 1040. The van der Waals surface area contributed by atoms with Crippen molar-refractivity contribution in [1.29, 1.82) is 0 Å². The van der Waals surface area contributed by atoms with Crippen molar-refractivity contribution in [3.05, 3.63) is 51.8 Å². The van der Waals surface area contributed by atoms with Crippen LogP contribution < -0.4 is 25.9 Å². The SMILES string of the molecule is C[C@@H]1CCN(c2cc(N3CCN(c4cc(Cl)cc(Cl)c4)CC3)c(F)cc2/C=N/NC(N)=S)C1. The highest BCUT2D eigenvalue weighted by atomic mass is 35.5. The molecule has 0 bridgehead atoms. The summed E-state index contributed by atoms with van der Waals surface area (Å²) >= 11 is 17.1. The number of hydrazone groups is 1. The van der Waals surface area contributed by atoms with Crippen molar-refractivity contribution in [3.8, 4) is 0 Å². The Hall–Kier alpha value is -2.29. The molecule has 2 saturated heterocycles. The zero-order chi connectivity index (χ0) is 23.5. The first-order valence-corrected chi connectivity index (χ1v) is 12.1. The highest BCUT2D eigenvalue weighted by Gasteiger charge is 2.25. The molecular weight excluding hydrogens is 482 g/mol. The first-order chi connectivity index (χ1) is 15.8. The third-order valence-electron chi connectivity index (χ3n) is 6.07. The molecule has 1 atom stereocenters. The minimum Gasteiger partial charge on any atom is -0.375 e. The number of piperazine rings is 1. The molecule has 0 aromatic heterocycles. The van der Waals surface area contributed by atoms with Gasteiger partial charge in [-0.2, -0.15) is 5.10 Å². The molecule has 0 spiro atoms. The van der Waals surface area contributed by atoms with Gasteiger partial charge in [-0.1, -0.05) is 30.1 Å². The molecule has 0 amide bonds. The lowest BCUT2D eigenvalue weighted by Gasteiger charge is -2.38. The van der Waals surface area contributed by atoms with Crippen LogP contribution >= 0.6 is 35.4 Å². The Morgan fingerprint density at radius 2 is 1.70 bits per heavy atom. The molecule has 2 aromatic rings. The molecule has 2 aliphatic heterocycles. The molecular formula is C23H27Cl2FN6S. The maximum atomic E-state index is 15.2. The van der Waals surface area contributed by atoms with Crippen molar-refractivity contribution in [2.45, 2.75) is 13.3 Å². The quantitative estimate of drug-likeness (QED) is 0.353. The Morgan fingerprint density at radius 3 is 2.30 bits per heavy atom. The van der Waals surface area contributed by atoms with Gasteiger partial charge in [-0.15, -0.1) is 0 Å². The largest absolute Gasteiger partial charge is 0.375 e. The monoisotopic (exact) mass is 508 g/mol. The van der Waals surface area contributed by atoms with E-state index in [1.807, 2.05) is 18.2 Å². The lowest BCUT2D eigenvalue weighted by atomic mass is 10.1. The number of nitrogens with two attached hydrogens (primary N) is 1. The zero-order valence-corrected chi connectivity index (χ0v) is 20.7. The van der Waals surface area contributed by atoms with Crippen molar-refractivity contribution < 1.29 is 4.39 Å². The number of halogens is 3. The molecule has 0 saturated carbocycles. The van der Waals surface area contributed by atoms with Gasteiger partial charge in [-0.05, 0) is 54.9 Å². The molecule has 2 aromatic carbocycles. The van der Waals surface area contributed by atoms with Gasteiger partial charge in [0.25, 0.3) is 0 Å². The van der Waals surface area contributed by atoms with Crippen LogP contribution in [0.1, 0.15) is 18.9 Å². The topological polar surface area (TPSA) is 60.1 Å². The van der Waals surface area contributed by atoms with Crippen molar-refractivity contribution in [2.24, 2.45) is 16.8 Å². The van der Waals surface area contributed by atoms with Gasteiger partial charge < -0.3 is 20.4 Å². The van der Waals surface area contributed by atoms with E-state index in [9.17, 15) is 0 Å². The van der Waals surface area contributed by atoms with E-state index in [1.165, 1.54) is 0 Å². The maximum Gasteiger partial charge on any atom is 0.184 e. The number of thiocarbonyl (C=S) groups is 1. The number of hydrogen-bond acceptors (Lipinski definition) is 5. The van der Waals surface area contributed by atoms with E-state index in [-0.39, 0.29) is 10.9 Å². The standard InChI is InChI=1S/C23H27Cl2FN6S/c1-15-2-3-32(14-15)21-12-22(20(26)8-16(21)13-28-29-23(27)33)31-6-4-30(5-7-31)19-10-17(24)9-18(25)11-19/h8-13,15H,2-7,14H2,1H3,(H3,27,29,33)/b28-13+/t15-/m1/s1. The van der Waals surface area contributed by atoms with E-state index >= 15 is 4.39 Å². The summed E-state index contributed by atoms with van der Waals surface area (Å²) in [6, 6.07) is 9.03. The van der Waals surface area contributed by atoms with Crippen LogP contribution in [0, 0.1) is 11.7 Å². The second kappa shape index (κ2) is 10.3. The third kappa shape index (κ3) is 5.80. The molecule has 3 N–H and O–H groups in total. The van der Waals surface area contributed by atoms with Crippen LogP contribution in [0.5, 0.6) is 0 Å². The number of anilines is 3. The first-order valence-electron chi connectivity index (χ1n) is 10.9. The minimum absolute atomic E-state index is 0.0681. The Labute approximate surface area is 209 Å². The fourth-order valence-electron chi connectivity index (χ4n) is 4.43. The van der Waals surface area contributed by atoms with Gasteiger partial charge in [0.05, 0.1) is 11.9 Å². The number of hydrogen-bond donors (Lipinski definition) is 2. The molecule has 6 nitrogen and oxygen atoms in total. The maximum absolute atomic E-state index is 15.2. The van der Waals surface area contributed by atoms with Crippen LogP contribution in [-0.2, 0) is 0 Å². The summed E-state index contributed by atoms with van der Waals surface area (Å²) in [6.07, 6.45) is 2.68. The summed E-state index contributed by atoms with van der Waals surface area (Å²) in [6.45, 7) is 6.95. The summed E-state index contributed by atoms with van der Waals surface area (Å²) in [5.74, 6) is 0.313. The van der Waals surface area contributed by atoms with E-state index in [4.69, 9.17) is 41.2 Å². The van der Waals surface area contributed by atoms with E-state index in [0.717, 1.165) is 44.0 Å². The molecule has 0 unspecified atom stereocenters. The van der Waals surface area contributed by atoms with Crippen LogP contribution in [0.3, 0.4) is 0 Å². The van der Waals surface area contributed by atoms with Crippen molar-refractivity contribution in [3.63, 3.8) is 0 Å². The van der Waals surface area contributed by atoms with Gasteiger partial charge in [0.2, 0.25) is 0 Å². The molecule has 4 rings (SSSR count). The molecule has 2 heterocycles. The molecule has 0 radical (unpaired) electrons. The number of nitrogens with one attached hydrogen (secondary N) is 1. The fraction of sp³-hybridized carbons (Fsp3) is 0.391. The summed E-state index contributed by atoms with van der Waals surface area (Å²) < 4.78 is 15.2. The molecule has 2 aliphatic rings. The summed E-state index contributed by atoms with van der Waals surface area (Å²) in [7, 11) is 0. The Kier molecular flexibility index (Phi) is 7.46. The van der Waals surface area contributed by atoms with Crippen molar-refractivity contribution in [1.82, 2.24) is 5.43 Å². The van der Waals surface area contributed by atoms with Gasteiger partial charge in [0.1, 0.15) is 5.82 Å². The highest BCUT2D eigenvalue weighted by molar-refractivity contribution is 7.80. The predicted octanol–water partition coefficient (Wildman–Crippen LogP) is 4.47. The van der Waals surface area contributed by atoms with Crippen molar-refractivity contribution >= 4 is 63.8 Å². The van der Waals surface area contributed by atoms with Crippen LogP contribution in [0.2, 0.25) is 10.0 Å². The van der Waals surface area contributed by atoms with Crippen LogP contribution in [-0.4, -0.2) is 50.6 Å². The number of benzene rings is 2. The first kappa shape index (κ1) is 23.9. The predicted molar refractivity (Wildman–Crippen MR) is 141 cm³/mol. The van der Waals surface area contributed by atoms with Crippen LogP contribution in [0.15, 0.2) is 35.4 Å². The second-order valence-corrected chi connectivity index (χ2v) is 9.85. The van der Waals surface area contributed by atoms with Crippen molar-refractivity contribution in [2.75, 3.05) is 54.0 Å². The molecule has 0 aliphatic carbocycles. The lowest BCUT2D eigenvalue weighted by molar-refractivity contribution is 0.597. The smallest absolute Gasteiger partial charge is 0.184 e. The summed E-state index contributed by atoms with van der Waals surface area (Å²) in [5, 5.41) is 5.34. The molecule has 33 heavy (non-hydrogen) atoms. The third-order valence-corrected chi connectivity index (χ3v) is 6.60. The lowest BCUT2D eigenvalue weighted by Crippen LogP contribution is -2.47. The van der Waals surface area contributed by atoms with Gasteiger partial charge in [0, 0.05) is 66.3 Å². The average Bonchev–Trinajstić information content (AvgIpc) is 3.19. The van der Waals surface area contributed by atoms with E-state index in [1.54, 1.807) is 18.3 Å². The highest BCUT2D eigenvalue weighted by Crippen LogP contribution is 2.34. The summed E-state index contributed by atoms with van der Waals surface area (Å²) in [5.41, 5.74) is 11.3. The Balaban J connectivity index is 1.56. The molecule has 10 heteroatoms. The summed E-state index contributed by atoms with van der Waals surface area (Å²) in [4.78, 5) is 6.60. The van der Waals surface area contributed by atoms with E-state index < -0.39 is 0 Å². The molecule has 2 fully saturated rings. The second-order valence-electron chi connectivity index (χ2n) is 8.54. The fourth-order valence-corrected chi connectivity index (χ4v) is 5.00. The van der Waals surface area contributed by atoms with E-state index in [2.05, 4.69) is 32.2 Å².